The number of anilines is 1. The maximum Gasteiger partial charge on any atom is 0.332 e. The Morgan fingerprint density at radius 1 is 1.04 bits per heavy atom. The number of para-hydroxylation sites is 1. The van der Waals surface area contributed by atoms with Crippen molar-refractivity contribution in [3.05, 3.63) is 29.3 Å². The highest BCUT2D eigenvalue weighted by atomic mass is 32.2. The molecule has 0 aromatic heterocycles. The fraction of sp³-hybridized carbons (Fsp3) is 0.632. The number of benzene rings is 1. The van der Waals surface area contributed by atoms with Crippen LogP contribution in [0.25, 0.3) is 0 Å². The molecule has 1 aromatic carbocycles. The Hall–Kier alpha value is -1.60. The third-order valence-corrected chi connectivity index (χ3v) is 6.54. The predicted molar refractivity (Wildman–Crippen MR) is 106 cm³/mol. The first kappa shape index (κ1) is 20.7. The molecule has 0 atom stereocenters. The third-order valence-electron chi connectivity index (χ3n) is 4.89. The number of carbonyl (C=O) groups is 1. The molecular weight excluding hydrogens is 350 g/mol. The van der Waals surface area contributed by atoms with E-state index in [2.05, 4.69) is 14.9 Å². The van der Waals surface area contributed by atoms with Gasteiger partial charge in [0, 0.05) is 24.8 Å². The van der Waals surface area contributed by atoms with Crippen LogP contribution in [0.15, 0.2) is 18.2 Å². The molecule has 0 aliphatic carbocycles. The monoisotopic (exact) mass is 381 g/mol. The van der Waals surface area contributed by atoms with Crippen molar-refractivity contribution in [2.24, 2.45) is 0 Å². The van der Waals surface area contributed by atoms with Gasteiger partial charge in [0.25, 0.3) is 0 Å². The van der Waals surface area contributed by atoms with E-state index in [0.717, 1.165) is 11.1 Å². The van der Waals surface area contributed by atoms with Crippen molar-refractivity contribution < 1.29 is 13.2 Å². The van der Waals surface area contributed by atoms with Gasteiger partial charge in [0.1, 0.15) is 5.25 Å². The summed E-state index contributed by atoms with van der Waals surface area (Å²) >= 11 is 0. The molecule has 0 saturated carbocycles. The highest BCUT2D eigenvalue weighted by Gasteiger charge is 2.39. The first-order valence-corrected chi connectivity index (χ1v) is 10.8. The molecule has 0 bridgehead atoms. The molecule has 1 aliphatic rings. The van der Waals surface area contributed by atoms with E-state index in [1.165, 1.54) is 0 Å². The third kappa shape index (κ3) is 4.57. The zero-order valence-corrected chi connectivity index (χ0v) is 17.4. The van der Waals surface area contributed by atoms with Crippen LogP contribution in [-0.2, 0) is 10.0 Å². The van der Waals surface area contributed by atoms with Crippen molar-refractivity contribution in [3.63, 3.8) is 0 Å². The molecule has 146 valence electrons. The minimum atomic E-state index is -3.68. The van der Waals surface area contributed by atoms with E-state index < -0.39 is 21.3 Å². The molecule has 0 spiro atoms. The molecule has 2 rings (SSSR count). The van der Waals surface area contributed by atoms with E-state index in [1.54, 1.807) is 0 Å². The Bertz CT molecular complexity index is 725. The lowest BCUT2D eigenvalue weighted by Gasteiger charge is -2.41. The van der Waals surface area contributed by atoms with E-state index in [1.807, 2.05) is 59.7 Å². The van der Waals surface area contributed by atoms with Gasteiger partial charge in [-0.05, 0) is 36.8 Å². The summed E-state index contributed by atoms with van der Waals surface area (Å²) < 4.78 is 27.0. The summed E-state index contributed by atoms with van der Waals surface area (Å²) in [6, 6.07) is 5.52. The van der Waals surface area contributed by atoms with Gasteiger partial charge >= 0.3 is 6.03 Å². The van der Waals surface area contributed by atoms with Gasteiger partial charge in [-0.3, -0.25) is 4.90 Å². The number of hydrogen-bond acceptors (Lipinski definition) is 4. The van der Waals surface area contributed by atoms with Crippen LogP contribution >= 0.6 is 0 Å². The Kier molecular flexibility index (Phi) is 6.34. The lowest BCUT2D eigenvalue weighted by Crippen LogP contribution is -2.60. The molecule has 6 nitrogen and oxygen atoms in total. The molecule has 1 aromatic rings. The fourth-order valence-electron chi connectivity index (χ4n) is 3.13. The van der Waals surface area contributed by atoms with E-state index >= 15 is 0 Å². The smallest absolute Gasteiger partial charge is 0.307 e. The SMILES string of the molecule is CC(C)c1cccc(C(C)C)c1NC(=O)NS(=O)(=O)C1CN(C(C)C)C1. The van der Waals surface area contributed by atoms with Crippen molar-refractivity contribution >= 4 is 21.7 Å². The Morgan fingerprint density at radius 3 is 1.96 bits per heavy atom. The summed E-state index contributed by atoms with van der Waals surface area (Å²) in [4.78, 5) is 14.5. The number of sulfonamides is 1. The highest BCUT2D eigenvalue weighted by Crippen LogP contribution is 2.32. The number of likely N-dealkylation sites (tertiary alicyclic amines) is 1. The van der Waals surface area contributed by atoms with Gasteiger partial charge in [-0.1, -0.05) is 45.9 Å². The van der Waals surface area contributed by atoms with E-state index in [9.17, 15) is 13.2 Å². The number of rotatable bonds is 6. The maximum absolute atomic E-state index is 12.4. The molecule has 1 saturated heterocycles. The van der Waals surface area contributed by atoms with Crippen LogP contribution in [0.2, 0.25) is 0 Å². The standard InChI is InChI=1S/C19H31N3O3S/c1-12(2)16-8-7-9-17(13(3)4)18(16)20-19(23)21-26(24,25)15-10-22(11-15)14(5)6/h7-9,12-15H,10-11H2,1-6H3,(H2,20,21,23). The number of amides is 2. The molecule has 0 radical (unpaired) electrons. The van der Waals surface area contributed by atoms with Crippen LogP contribution in [0.4, 0.5) is 10.5 Å². The van der Waals surface area contributed by atoms with Gasteiger partial charge in [-0.25, -0.2) is 17.9 Å². The molecule has 7 heteroatoms. The Morgan fingerprint density at radius 2 is 1.54 bits per heavy atom. The summed E-state index contributed by atoms with van der Waals surface area (Å²) in [5.41, 5.74) is 2.71. The summed E-state index contributed by atoms with van der Waals surface area (Å²) in [6.07, 6.45) is 0. The minimum absolute atomic E-state index is 0.215. The van der Waals surface area contributed by atoms with Crippen molar-refractivity contribution in [1.29, 1.82) is 0 Å². The van der Waals surface area contributed by atoms with Crippen LogP contribution in [-0.4, -0.2) is 43.7 Å². The Balaban J connectivity index is 2.13. The summed E-state index contributed by atoms with van der Waals surface area (Å²) in [5, 5.41) is 2.25. The van der Waals surface area contributed by atoms with Crippen LogP contribution in [0.3, 0.4) is 0 Å². The first-order valence-electron chi connectivity index (χ1n) is 9.22. The normalized spacial score (nSPS) is 16.2. The number of hydrogen-bond donors (Lipinski definition) is 2. The van der Waals surface area contributed by atoms with Gasteiger partial charge in [-0.15, -0.1) is 0 Å². The quantitative estimate of drug-likeness (QED) is 0.791. The molecular formula is C19H31N3O3S. The minimum Gasteiger partial charge on any atom is -0.307 e. The molecule has 1 fully saturated rings. The van der Waals surface area contributed by atoms with E-state index in [0.29, 0.717) is 24.8 Å². The first-order chi connectivity index (χ1) is 12.0. The second-order valence-electron chi connectivity index (χ2n) is 7.89. The fourth-order valence-corrected chi connectivity index (χ4v) is 4.39. The second kappa shape index (κ2) is 7.96. The molecule has 26 heavy (non-hydrogen) atoms. The van der Waals surface area contributed by atoms with Gasteiger partial charge in [0.05, 0.1) is 0 Å². The van der Waals surface area contributed by atoms with Gasteiger partial charge in [0.2, 0.25) is 10.0 Å². The van der Waals surface area contributed by atoms with Crippen molar-refractivity contribution in [1.82, 2.24) is 9.62 Å². The topological polar surface area (TPSA) is 78.5 Å². The summed E-state index contributed by atoms with van der Waals surface area (Å²) in [6.45, 7) is 13.2. The number of carbonyl (C=O) groups excluding carboxylic acids is 1. The average Bonchev–Trinajstić information content (AvgIpc) is 2.43. The maximum atomic E-state index is 12.4. The second-order valence-corrected chi connectivity index (χ2v) is 9.85. The van der Waals surface area contributed by atoms with Gasteiger partial charge in [0.15, 0.2) is 0 Å². The van der Waals surface area contributed by atoms with Gasteiger partial charge in [-0.2, -0.15) is 0 Å². The number of urea groups is 1. The van der Waals surface area contributed by atoms with Crippen LogP contribution in [0.1, 0.15) is 64.5 Å². The average molecular weight is 382 g/mol. The van der Waals surface area contributed by atoms with Crippen molar-refractivity contribution in [3.8, 4) is 0 Å². The van der Waals surface area contributed by atoms with Gasteiger partial charge < -0.3 is 5.32 Å². The highest BCUT2D eigenvalue weighted by molar-refractivity contribution is 7.90. The molecule has 0 unspecified atom stereocenters. The lowest BCUT2D eigenvalue weighted by molar-refractivity contribution is 0.141. The van der Waals surface area contributed by atoms with E-state index in [4.69, 9.17) is 0 Å². The van der Waals surface area contributed by atoms with Crippen molar-refractivity contribution in [2.45, 2.75) is 64.7 Å². The lowest BCUT2D eigenvalue weighted by atomic mass is 9.93. The largest absolute Gasteiger partial charge is 0.332 e. The Labute approximate surface area is 157 Å². The van der Waals surface area contributed by atoms with Crippen LogP contribution in [0.5, 0.6) is 0 Å². The molecule has 2 N–H and O–H groups in total. The van der Waals surface area contributed by atoms with Crippen LogP contribution < -0.4 is 10.0 Å². The molecule has 1 aliphatic heterocycles. The van der Waals surface area contributed by atoms with Crippen LogP contribution in [0, 0.1) is 0 Å². The zero-order valence-electron chi connectivity index (χ0n) is 16.5. The molecule has 2 amide bonds. The summed E-state index contributed by atoms with van der Waals surface area (Å²) in [7, 11) is -3.68. The number of nitrogens with one attached hydrogen (secondary N) is 2. The predicted octanol–water partition coefficient (Wildman–Crippen LogP) is 3.48. The number of nitrogens with zero attached hydrogens (tertiary/aromatic N) is 1. The van der Waals surface area contributed by atoms with Crippen molar-refractivity contribution in [2.75, 3.05) is 18.4 Å². The summed E-state index contributed by atoms with van der Waals surface area (Å²) in [5.74, 6) is 0.429. The zero-order chi connectivity index (χ0) is 19.6. The molecule has 1 heterocycles. The van der Waals surface area contributed by atoms with E-state index in [-0.39, 0.29) is 11.8 Å².